The molecule has 0 fully saturated rings. The Labute approximate surface area is 191 Å². The van der Waals surface area contributed by atoms with E-state index in [1.807, 2.05) is 0 Å². The number of rotatable bonds is 21. The van der Waals surface area contributed by atoms with Gasteiger partial charge in [-0.25, -0.2) is 0 Å². The van der Waals surface area contributed by atoms with Gasteiger partial charge in [-0.15, -0.1) is 0 Å². The molecule has 0 heterocycles. The van der Waals surface area contributed by atoms with E-state index in [0.29, 0.717) is 19.4 Å². The van der Waals surface area contributed by atoms with E-state index in [-0.39, 0.29) is 19.6 Å². The number of hydrogen-bond donors (Lipinski definition) is 6. The zero-order valence-electron chi connectivity index (χ0n) is 18.7. The predicted molar refractivity (Wildman–Crippen MR) is 114 cm³/mol. The third-order valence-electron chi connectivity index (χ3n) is 4.69. The smallest absolute Gasteiger partial charge is 0.317 e. The van der Waals surface area contributed by atoms with Crippen LogP contribution in [-0.4, -0.2) is 142 Å². The molecule has 0 aromatic heterocycles. The molecule has 0 aliphatic carbocycles. The summed E-state index contributed by atoms with van der Waals surface area (Å²) < 4.78 is 0. The third kappa shape index (κ3) is 16.5. The molecule has 14 nitrogen and oxygen atoms in total. The van der Waals surface area contributed by atoms with Gasteiger partial charge in [0.2, 0.25) is 0 Å². The first-order valence-corrected chi connectivity index (χ1v) is 10.4. The molecule has 0 aromatic rings. The zero-order chi connectivity index (χ0) is 25.4. The minimum atomic E-state index is -1.24. The number of nitrogens with zero attached hydrogens (tertiary/aromatic N) is 3. The molecule has 0 amide bonds. The van der Waals surface area contributed by atoms with Gasteiger partial charge in [0.05, 0.1) is 32.7 Å². The number of aliphatic carboxylic acids is 5. The molecular weight excluding hydrogens is 444 g/mol. The molecule has 33 heavy (non-hydrogen) atoms. The van der Waals surface area contributed by atoms with Crippen LogP contribution in [0.5, 0.6) is 0 Å². The number of hydrogen-bond acceptors (Lipinski definition) is 9. The van der Waals surface area contributed by atoms with Gasteiger partial charge >= 0.3 is 29.8 Å². The van der Waals surface area contributed by atoms with Crippen molar-refractivity contribution < 1.29 is 49.5 Å². The molecule has 0 aromatic carbocycles. The first-order chi connectivity index (χ1) is 15.4. The lowest BCUT2D eigenvalue weighted by atomic mass is 10.1. The van der Waals surface area contributed by atoms with Crippen LogP contribution in [0.25, 0.3) is 0 Å². The summed E-state index contributed by atoms with van der Waals surface area (Å²) >= 11 is 0. The molecule has 0 saturated heterocycles. The topological polar surface area (TPSA) is 208 Å². The van der Waals surface area contributed by atoms with E-state index in [4.69, 9.17) is 10.2 Å². The average molecular weight is 478 g/mol. The monoisotopic (exact) mass is 478 g/mol. The van der Waals surface area contributed by atoms with E-state index in [9.17, 15) is 39.3 Å². The molecular formula is C19H34N4O10. The van der Waals surface area contributed by atoms with Crippen LogP contribution >= 0.6 is 0 Å². The van der Waals surface area contributed by atoms with E-state index < -0.39 is 68.6 Å². The Kier molecular flexibility index (Phi) is 15.3. The summed E-state index contributed by atoms with van der Waals surface area (Å²) in [4.78, 5) is 59.7. The van der Waals surface area contributed by atoms with Gasteiger partial charge in [-0.05, 0) is 26.4 Å². The van der Waals surface area contributed by atoms with Gasteiger partial charge in [0.15, 0.2) is 0 Å². The largest absolute Gasteiger partial charge is 0.480 e. The predicted octanol–water partition coefficient (Wildman–Crippen LogP) is -1.93. The normalized spacial score (nSPS) is 12.2. The number of unbranched alkanes of at least 4 members (excludes halogenated alkanes) is 1. The van der Waals surface area contributed by atoms with E-state index in [1.165, 1.54) is 9.80 Å². The van der Waals surface area contributed by atoms with Crippen molar-refractivity contribution >= 4 is 29.8 Å². The Bertz CT molecular complexity index is 628. The molecule has 190 valence electrons. The van der Waals surface area contributed by atoms with Crippen LogP contribution in [0.3, 0.4) is 0 Å². The summed E-state index contributed by atoms with van der Waals surface area (Å²) in [5, 5.41) is 48.6. The van der Waals surface area contributed by atoms with Crippen molar-refractivity contribution in [2.24, 2.45) is 0 Å². The first kappa shape index (κ1) is 30.2. The summed E-state index contributed by atoms with van der Waals surface area (Å²) in [6, 6.07) is -0.596. The lowest BCUT2D eigenvalue weighted by molar-refractivity contribution is -0.144. The molecule has 0 radical (unpaired) electrons. The van der Waals surface area contributed by atoms with Crippen LogP contribution in [0.2, 0.25) is 0 Å². The van der Waals surface area contributed by atoms with Crippen LogP contribution in [0, 0.1) is 0 Å². The highest BCUT2D eigenvalue weighted by Crippen LogP contribution is 2.12. The van der Waals surface area contributed by atoms with Crippen molar-refractivity contribution in [2.75, 3.05) is 66.0 Å². The third-order valence-corrected chi connectivity index (χ3v) is 4.69. The van der Waals surface area contributed by atoms with Gasteiger partial charge < -0.3 is 30.8 Å². The minimum Gasteiger partial charge on any atom is -0.480 e. The number of nitrogens with one attached hydrogen (secondary N) is 1. The van der Waals surface area contributed by atoms with E-state index >= 15 is 0 Å². The molecule has 0 aliphatic heterocycles. The fourth-order valence-corrected chi connectivity index (χ4v) is 3.34. The van der Waals surface area contributed by atoms with E-state index in [0.717, 1.165) is 11.3 Å². The molecule has 0 rings (SSSR count). The van der Waals surface area contributed by atoms with Gasteiger partial charge in [-0.2, -0.15) is 0 Å². The number of carbonyl (C=O) groups is 5. The number of carboxylic acids is 5. The summed E-state index contributed by atoms with van der Waals surface area (Å²) in [5.41, 5.74) is 0. The fraction of sp³-hybridized carbons (Fsp3) is 0.737. The highest BCUT2D eigenvalue weighted by atomic mass is 16.4. The molecule has 0 bridgehead atoms. The van der Waals surface area contributed by atoms with Crippen LogP contribution in [0.1, 0.15) is 19.3 Å². The van der Waals surface area contributed by atoms with Crippen LogP contribution < -0.4 is 5.32 Å². The van der Waals surface area contributed by atoms with E-state index in [2.05, 4.69) is 5.32 Å². The maximum absolute atomic E-state index is 11.4. The van der Waals surface area contributed by atoms with Gasteiger partial charge in [0.25, 0.3) is 0 Å². The molecule has 14 heteroatoms. The number of carboxylic acid groups (broad SMARTS) is 5. The van der Waals surface area contributed by atoms with Crippen molar-refractivity contribution in [1.29, 1.82) is 0 Å². The van der Waals surface area contributed by atoms with Gasteiger partial charge in [0, 0.05) is 25.7 Å². The lowest BCUT2D eigenvalue weighted by Crippen LogP contribution is -2.50. The van der Waals surface area contributed by atoms with Crippen molar-refractivity contribution in [3.05, 3.63) is 0 Å². The molecule has 6 N–H and O–H groups in total. The zero-order valence-corrected chi connectivity index (χ0v) is 18.7. The minimum absolute atomic E-state index is 0.00609. The molecule has 0 saturated carbocycles. The maximum atomic E-state index is 11.4. The quantitative estimate of drug-likeness (QED) is 0.0993. The Balaban J connectivity index is 5.54. The fourth-order valence-electron chi connectivity index (χ4n) is 3.34. The second-order valence-corrected chi connectivity index (χ2v) is 7.57. The SMILES string of the molecule is CNCCCCC(CN(CCN(CC(=O)O)CC(=O)O)CC(=O)O)N(CC(=O)O)CC(=O)O. The summed E-state index contributed by atoms with van der Waals surface area (Å²) in [5.74, 6) is -6.12. The van der Waals surface area contributed by atoms with Crippen molar-refractivity contribution in [3.8, 4) is 0 Å². The van der Waals surface area contributed by atoms with Crippen LogP contribution in [0.4, 0.5) is 0 Å². The maximum Gasteiger partial charge on any atom is 0.317 e. The average Bonchev–Trinajstić information content (AvgIpc) is 2.65. The highest BCUT2D eigenvalue weighted by molar-refractivity contribution is 5.73. The summed E-state index contributed by atoms with van der Waals surface area (Å²) in [6.07, 6.45) is 1.78. The van der Waals surface area contributed by atoms with Crippen molar-refractivity contribution in [2.45, 2.75) is 25.3 Å². The lowest BCUT2D eigenvalue weighted by Gasteiger charge is -2.34. The van der Waals surface area contributed by atoms with Gasteiger partial charge in [-0.1, -0.05) is 6.42 Å². The second-order valence-electron chi connectivity index (χ2n) is 7.57. The molecule has 0 spiro atoms. The van der Waals surface area contributed by atoms with E-state index in [1.54, 1.807) is 7.05 Å². The van der Waals surface area contributed by atoms with Gasteiger partial charge in [-0.3, -0.25) is 38.7 Å². The second kappa shape index (κ2) is 16.8. The highest BCUT2D eigenvalue weighted by Gasteiger charge is 2.26. The Morgan fingerprint density at radius 3 is 1.52 bits per heavy atom. The standard InChI is InChI=1S/C19H34N4O10/c1-20-5-3-2-4-14(23(12-18(30)31)13-19(32)33)8-21(9-15(24)25)6-7-22(10-16(26)27)11-17(28)29/h14,20H,2-13H2,1H3,(H,24,25)(H,26,27)(H,28,29)(H,30,31)(H,32,33). The Hall–Kier alpha value is -2.81. The first-order valence-electron chi connectivity index (χ1n) is 10.4. The molecule has 1 unspecified atom stereocenters. The van der Waals surface area contributed by atoms with Crippen LogP contribution in [0.15, 0.2) is 0 Å². The van der Waals surface area contributed by atoms with Gasteiger partial charge in [0.1, 0.15) is 0 Å². The summed E-state index contributed by atoms with van der Waals surface area (Å²) in [7, 11) is 1.77. The Morgan fingerprint density at radius 2 is 1.09 bits per heavy atom. The van der Waals surface area contributed by atoms with Crippen molar-refractivity contribution in [3.63, 3.8) is 0 Å². The molecule has 0 aliphatic rings. The Morgan fingerprint density at radius 1 is 0.667 bits per heavy atom. The van der Waals surface area contributed by atoms with Crippen molar-refractivity contribution in [1.82, 2.24) is 20.0 Å². The van der Waals surface area contributed by atoms with Crippen LogP contribution in [-0.2, 0) is 24.0 Å². The summed E-state index contributed by atoms with van der Waals surface area (Å²) in [6.45, 7) is -2.01. The molecule has 1 atom stereocenters.